The smallest absolute Gasteiger partial charge is 0.409 e. The molecule has 0 spiro atoms. The summed E-state index contributed by atoms with van der Waals surface area (Å²) in [6, 6.07) is 1.69. The van der Waals surface area contributed by atoms with E-state index in [1.807, 2.05) is 6.92 Å². The molecule has 2 heterocycles. The second-order valence-corrected chi connectivity index (χ2v) is 6.13. The van der Waals surface area contributed by atoms with Gasteiger partial charge in [0.15, 0.2) is 5.78 Å². The SMILES string of the molecule is COC(=O)N1CC[C@@H](CC(=O)c2cc(Cl)c(C)[nH]2)[C@@H](C)C1. The summed E-state index contributed by atoms with van der Waals surface area (Å²) in [5, 5.41) is 0.590. The van der Waals surface area contributed by atoms with Crippen molar-refractivity contribution < 1.29 is 14.3 Å². The van der Waals surface area contributed by atoms with Crippen molar-refractivity contribution in [3.05, 3.63) is 22.5 Å². The maximum absolute atomic E-state index is 12.3. The zero-order valence-corrected chi connectivity index (χ0v) is 13.4. The summed E-state index contributed by atoms with van der Waals surface area (Å²) < 4.78 is 4.74. The number of nitrogens with one attached hydrogen (secondary N) is 1. The number of hydrogen-bond acceptors (Lipinski definition) is 3. The van der Waals surface area contributed by atoms with Crippen LogP contribution in [0.15, 0.2) is 6.07 Å². The summed E-state index contributed by atoms with van der Waals surface area (Å²) in [6.45, 7) is 5.19. The lowest BCUT2D eigenvalue weighted by atomic mass is 9.83. The molecule has 0 radical (unpaired) electrons. The minimum atomic E-state index is -0.293. The molecule has 6 heteroatoms. The number of ether oxygens (including phenoxy) is 1. The van der Waals surface area contributed by atoms with Crippen molar-refractivity contribution in [1.29, 1.82) is 0 Å². The Kier molecular flexibility index (Phi) is 4.93. The van der Waals surface area contributed by atoms with Crippen LogP contribution in [-0.2, 0) is 4.74 Å². The molecular weight excluding hydrogens is 292 g/mol. The molecule has 0 aromatic carbocycles. The molecule has 1 amide bonds. The molecule has 0 bridgehead atoms. The van der Waals surface area contributed by atoms with Crippen molar-refractivity contribution in [1.82, 2.24) is 9.88 Å². The van der Waals surface area contributed by atoms with Crippen LogP contribution in [0.4, 0.5) is 4.79 Å². The van der Waals surface area contributed by atoms with Crippen LogP contribution in [0.3, 0.4) is 0 Å². The van der Waals surface area contributed by atoms with Crippen molar-refractivity contribution in [3.8, 4) is 0 Å². The number of aromatic amines is 1. The fourth-order valence-electron chi connectivity index (χ4n) is 2.82. The molecule has 116 valence electrons. The molecule has 0 unspecified atom stereocenters. The Hall–Kier alpha value is -1.49. The molecule has 0 saturated carbocycles. The number of likely N-dealkylation sites (tertiary alicyclic amines) is 1. The van der Waals surface area contributed by atoms with Gasteiger partial charge in [-0.3, -0.25) is 4.79 Å². The predicted octanol–water partition coefficient (Wildman–Crippen LogP) is 3.27. The molecule has 1 N–H and O–H groups in total. The number of aryl methyl sites for hydroxylation is 1. The fraction of sp³-hybridized carbons (Fsp3) is 0.600. The van der Waals surface area contributed by atoms with Gasteiger partial charge in [-0.2, -0.15) is 0 Å². The number of carbonyl (C=O) groups excluding carboxylic acids is 2. The van der Waals surface area contributed by atoms with Gasteiger partial charge >= 0.3 is 6.09 Å². The quantitative estimate of drug-likeness (QED) is 0.871. The number of methoxy groups -OCH3 is 1. The van der Waals surface area contributed by atoms with Crippen molar-refractivity contribution in [2.45, 2.75) is 26.7 Å². The number of halogens is 1. The summed E-state index contributed by atoms with van der Waals surface area (Å²) in [5.41, 5.74) is 1.38. The van der Waals surface area contributed by atoms with Crippen LogP contribution in [-0.4, -0.2) is 42.0 Å². The van der Waals surface area contributed by atoms with Crippen LogP contribution in [0, 0.1) is 18.8 Å². The van der Waals surface area contributed by atoms with E-state index in [4.69, 9.17) is 16.3 Å². The first kappa shape index (κ1) is 15.9. The molecule has 1 saturated heterocycles. The summed E-state index contributed by atoms with van der Waals surface area (Å²) in [6.07, 6.45) is 1.00. The van der Waals surface area contributed by atoms with E-state index in [0.717, 1.165) is 12.1 Å². The van der Waals surface area contributed by atoms with Gasteiger partial charge in [-0.15, -0.1) is 0 Å². The highest BCUT2D eigenvalue weighted by molar-refractivity contribution is 6.31. The summed E-state index contributed by atoms with van der Waals surface area (Å²) >= 11 is 5.97. The van der Waals surface area contributed by atoms with Crippen molar-refractivity contribution in [2.24, 2.45) is 11.8 Å². The lowest BCUT2D eigenvalue weighted by molar-refractivity contribution is 0.0767. The van der Waals surface area contributed by atoms with Crippen LogP contribution in [0.5, 0.6) is 0 Å². The molecule has 5 nitrogen and oxygen atoms in total. The van der Waals surface area contributed by atoms with Crippen LogP contribution in [0.2, 0.25) is 5.02 Å². The summed E-state index contributed by atoms with van der Waals surface area (Å²) in [5.74, 6) is 0.627. The van der Waals surface area contributed by atoms with E-state index < -0.39 is 0 Å². The Morgan fingerprint density at radius 2 is 2.24 bits per heavy atom. The lowest BCUT2D eigenvalue weighted by Crippen LogP contribution is -2.43. The molecule has 21 heavy (non-hydrogen) atoms. The second kappa shape index (κ2) is 6.52. The Balaban J connectivity index is 1.95. The maximum atomic E-state index is 12.3. The fourth-order valence-corrected chi connectivity index (χ4v) is 2.98. The number of H-pyrrole nitrogens is 1. The van der Waals surface area contributed by atoms with E-state index in [1.54, 1.807) is 11.0 Å². The van der Waals surface area contributed by atoms with E-state index in [0.29, 0.717) is 30.2 Å². The van der Waals surface area contributed by atoms with Gasteiger partial charge in [0.2, 0.25) is 0 Å². The van der Waals surface area contributed by atoms with Crippen LogP contribution >= 0.6 is 11.6 Å². The van der Waals surface area contributed by atoms with E-state index in [9.17, 15) is 9.59 Å². The molecular formula is C15H21ClN2O3. The molecule has 1 aliphatic rings. The number of amides is 1. The Morgan fingerprint density at radius 3 is 2.76 bits per heavy atom. The number of piperidine rings is 1. The topological polar surface area (TPSA) is 62.4 Å². The first-order chi connectivity index (χ1) is 9.92. The van der Waals surface area contributed by atoms with Gasteiger partial charge in [0.05, 0.1) is 17.8 Å². The first-order valence-corrected chi connectivity index (χ1v) is 7.51. The zero-order valence-electron chi connectivity index (χ0n) is 12.6. The molecule has 1 aliphatic heterocycles. The molecule has 0 aliphatic carbocycles. The van der Waals surface area contributed by atoms with Gasteiger partial charge in [-0.05, 0) is 31.2 Å². The molecule has 1 aromatic heterocycles. The van der Waals surface area contributed by atoms with E-state index in [2.05, 4.69) is 11.9 Å². The number of Topliss-reactive ketones (excluding diaryl/α,β-unsaturated/α-hetero) is 1. The third-order valence-electron chi connectivity index (χ3n) is 4.22. The standard InChI is InChI=1S/C15H21ClN2O3/c1-9-8-18(15(20)21-3)5-4-11(9)6-14(19)13-7-12(16)10(2)17-13/h7,9,11,17H,4-6,8H2,1-3H3/t9-,11-/m0/s1. The van der Waals surface area contributed by atoms with Crippen molar-refractivity contribution in [2.75, 3.05) is 20.2 Å². The van der Waals surface area contributed by atoms with Gasteiger partial charge < -0.3 is 14.6 Å². The van der Waals surface area contributed by atoms with Crippen LogP contribution in [0.25, 0.3) is 0 Å². The van der Waals surface area contributed by atoms with E-state index in [-0.39, 0.29) is 23.7 Å². The molecule has 1 fully saturated rings. The molecule has 2 atom stereocenters. The van der Waals surface area contributed by atoms with Gasteiger partial charge in [0, 0.05) is 25.2 Å². The van der Waals surface area contributed by atoms with E-state index in [1.165, 1.54) is 7.11 Å². The minimum absolute atomic E-state index is 0.0772. The number of nitrogens with zero attached hydrogens (tertiary/aromatic N) is 1. The lowest BCUT2D eigenvalue weighted by Gasteiger charge is -2.35. The first-order valence-electron chi connectivity index (χ1n) is 7.13. The highest BCUT2D eigenvalue weighted by atomic mass is 35.5. The monoisotopic (exact) mass is 312 g/mol. The average molecular weight is 313 g/mol. The zero-order chi connectivity index (χ0) is 15.6. The van der Waals surface area contributed by atoms with E-state index >= 15 is 0 Å². The summed E-state index contributed by atoms with van der Waals surface area (Å²) in [7, 11) is 1.39. The summed E-state index contributed by atoms with van der Waals surface area (Å²) in [4.78, 5) is 28.5. The van der Waals surface area contributed by atoms with Crippen LogP contribution in [0.1, 0.15) is 35.9 Å². The Morgan fingerprint density at radius 1 is 1.52 bits per heavy atom. The molecule has 2 rings (SSSR count). The minimum Gasteiger partial charge on any atom is -0.453 e. The van der Waals surface area contributed by atoms with Crippen molar-refractivity contribution in [3.63, 3.8) is 0 Å². The average Bonchev–Trinajstić information content (AvgIpc) is 2.80. The highest BCUT2D eigenvalue weighted by Crippen LogP contribution is 2.28. The Bertz CT molecular complexity index is 522. The van der Waals surface area contributed by atoms with Gasteiger partial charge in [-0.25, -0.2) is 4.79 Å². The van der Waals surface area contributed by atoms with Crippen molar-refractivity contribution >= 4 is 23.5 Å². The number of ketones is 1. The Labute approximate surface area is 129 Å². The largest absolute Gasteiger partial charge is 0.453 e. The van der Waals surface area contributed by atoms with Gasteiger partial charge in [-0.1, -0.05) is 18.5 Å². The molecule has 1 aromatic rings. The number of carbonyl (C=O) groups is 2. The van der Waals surface area contributed by atoms with Gasteiger partial charge in [0.1, 0.15) is 0 Å². The number of aromatic nitrogens is 1. The highest BCUT2D eigenvalue weighted by Gasteiger charge is 2.30. The number of hydrogen-bond donors (Lipinski definition) is 1. The third-order valence-corrected chi connectivity index (χ3v) is 4.61. The normalized spacial score (nSPS) is 22.2. The second-order valence-electron chi connectivity index (χ2n) is 5.73. The predicted molar refractivity (Wildman–Crippen MR) is 80.7 cm³/mol. The third kappa shape index (κ3) is 3.59. The number of rotatable bonds is 3. The van der Waals surface area contributed by atoms with Crippen LogP contribution < -0.4 is 0 Å². The van der Waals surface area contributed by atoms with Gasteiger partial charge in [0.25, 0.3) is 0 Å². The maximum Gasteiger partial charge on any atom is 0.409 e.